The normalized spacial score (nSPS) is 15.6. The van der Waals surface area contributed by atoms with Crippen molar-refractivity contribution in [3.63, 3.8) is 0 Å². The van der Waals surface area contributed by atoms with Crippen LogP contribution in [0.2, 0.25) is 0 Å². The second-order valence-electron chi connectivity index (χ2n) is 6.02. The second-order valence-corrected chi connectivity index (χ2v) is 6.02. The molecule has 0 aliphatic carbocycles. The summed E-state index contributed by atoms with van der Waals surface area (Å²) in [4.78, 5) is 14.5. The first-order valence-corrected chi connectivity index (χ1v) is 8.73. The zero-order valence-corrected chi connectivity index (χ0v) is 15.2. The highest BCUT2D eigenvalue weighted by Gasteiger charge is 2.23. The molecule has 0 fully saturated rings. The van der Waals surface area contributed by atoms with Crippen molar-refractivity contribution >= 4 is 17.3 Å². The van der Waals surface area contributed by atoms with Gasteiger partial charge in [-0.25, -0.2) is 4.79 Å². The van der Waals surface area contributed by atoms with Crippen LogP contribution in [0.25, 0.3) is 0 Å². The molecule has 0 atom stereocenters. The van der Waals surface area contributed by atoms with Gasteiger partial charge in [0.05, 0.1) is 17.9 Å². The molecule has 1 heterocycles. The van der Waals surface area contributed by atoms with Gasteiger partial charge in [-0.2, -0.15) is 0 Å². The molecule has 0 bridgehead atoms. The summed E-state index contributed by atoms with van der Waals surface area (Å²) in [6.45, 7) is 9.06. The van der Waals surface area contributed by atoms with E-state index in [0.29, 0.717) is 25.3 Å². The van der Waals surface area contributed by atoms with E-state index in [-0.39, 0.29) is 5.97 Å². The standard InChI is InChI=1S/C22H23NO3/c1-4-17-13-14-23(18-9-7-6-8-10-18)21-16(3)19(22(24)25-5-2)11-12-20(21)26-15-17/h4,6-13H,1,5,14-15H2,2-3H3/b17-13-. The van der Waals surface area contributed by atoms with Crippen molar-refractivity contribution in [2.75, 3.05) is 24.7 Å². The summed E-state index contributed by atoms with van der Waals surface area (Å²) in [6.07, 6.45) is 3.91. The third-order valence-corrected chi connectivity index (χ3v) is 4.42. The SMILES string of the molecule is C=C/C1=C/CN(c2ccccc2)c2c(ccc(C(=O)OCC)c2C)OC1. The molecule has 0 saturated carbocycles. The maximum absolute atomic E-state index is 12.3. The lowest BCUT2D eigenvalue weighted by molar-refractivity contribution is 0.0525. The van der Waals surface area contributed by atoms with E-state index in [2.05, 4.69) is 17.6 Å². The molecule has 3 rings (SSSR count). The Morgan fingerprint density at radius 2 is 2.04 bits per heavy atom. The van der Waals surface area contributed by atoms with E-state index >= 15 is 0 Å². The van der Waals surface area contributed by atoms with Gasteiger partial charge in [0.1, 0.15) is 12.4 Å². The first-order chi connectivity index (χ1) is 12.7. The van der Waals surface area contributed by atoms with Gasteiger partial charge in [-0.3, -0.25) is 0 Å². The minimum atomic E-state index is -0.315. The Hall–Kier alpha value is -3.01. The van der Waals surface area contributed by atoms with Crippen LogP contribution in [-0.2, 0) is 4.74 Å². The van der Waals surface area contributed by atoms with Crippen molar-refractivity contribution in [2.24, 2.45) is 0 Å². The van der Waals surface area contributed by atoms with Crippen molar-refractivity contribution < 1.29 is 14.3 Å². The zero-order valence-electron chi connectivity index (χ0n) is 15.2. The summed E-state index contributed by atoms with van der Waals surface area (Å²) in [5.74, 6) is 0.428. The average Bonchev–Trinajstić information content (AvgIpc) is 2.64. The molecule has 2 aromatic rings. The molecule has 0 spiro atoms. The highest BCUT2D eigenvalue weighted by molar-refractivity contribution is 5.94. The molecule has 4 nitrogen and oxygen atoms in total. The molecule has 0 saturated heterocycles. The van der Waals surface area contributed by atoms with Crippen LogP contribution in [0.1, 0.15) is 22.8 Å². The summed E-state index contributed by atoms with van der Waals surface area (Å²) >= 11 is 0. The molecule has 0 unspecified atom stereocenters. The number of benzene rings is 2. The maximum atomic E-state index is 12.3. The molecular weight excluding hydrogens is 326 g/mol. The molecule has 26 heavy (non-hydrogen) atoms. The molecule has 4 heteroatoms. The van der Waals surface area contributed by atoms with E-state index in [1.54, 1.807) is 6.07 Å². The Morgan fingerprint density at radius 1 is 1.27 bits per heavy atom. The van der Waals surface area contributed by atoms with Crippen LogP contribution < -0.4 is 9.64 Å². The van der Waals surface area contributed by atoms with E-state index in [1.807, 2.05) is 56.3 Å². The lowest BCUT2D eigenvalue weighted by Crippen LogP contribution is -2.23. The molecule has 0 amide bonds. The van der Waals surface area contributed by atoms with Gasteiger partial charge in [0.2, 0.25) is 0 Å². The Morgan fingerprint density at radius 3 is 2.73 bits per heavy atom. The van der Waals surface area contributed by atoms with E-state index in [4.69, 9.17) is 9.47 Å². The second kappa shape index (κ2) is 7.91. The first-order valence-electron chi connectivity index (χ1n) is 8.73. The first kappa shape index (κ1) is 17.8. The summed E-state index contributed by atoms with van der Waals surface area (Å²) in [7, 11) is 0. The van der Waals surface area contributed by atoms with Crippen molar-refractivity contribution in [1.29, 1.82) is 0 Å². The van der Waals surface area contributed by atoms with Gasteiger partial charge in [-0.15, -0.1) is 0 Å². The Labute approximate surface area is 154 Å². The number of para-hydroxylation sites is 1. The topological polar surface area (TPSA) is 38.8 Å². The van der Waals surface area contributed by atoms with E-state index in [0.717, 1.165) is 28.3 Å². The number of rotatable bonds is 4. The molecule has 0 aromatic heterocycles. The number of fused-ring (bicyclic) bond motifs is 1. The number of ether oxygens (including phenoxy) is 2. The van der Waals surface area contributed by atoms with E-state index in [1.165, 1.54) is 0 Å². The fraction of sp³-hybridized carbons (Fsp3) is 0.227. The number of esters is 1. The number of carbonyl (C=O) groups excluding carboxylic acids is 1. The fourth-order valence-corrected chi connectivity index (χ4v) is 3.06. The number of hydrogen-bond acceptors (Lipinski definition) is 4. The third kappa shape index (κ3) is 3.49. The highest BCUT2D eigenvalue weighted by atomic mass is 16.5. The minimum Gasteiger partial charge on any atom is -0.487 e. The quantitative estimate of drug-likeness (QED) is 0.742. The largest absolute Gasteiger partial charge is 0.487 e. The molecular formula is C22H23NO3. The summed E-state index contributed by atoms with van der Waals surface area (Å²) in [5, 5.41) is 0. The molecule has 1 aliphatic rings. The van der Waals surface area contributed by atoms with Crippen molar-refractivity contribution in [3.05, 3.63) is 77.9 Å². The Bertz CT molecular complexity index is 840. The number of hydrogen-bond donors (Lipinski definition) is 0. The van der Waals surface area contributed by atoms with E-state index in [9.17, 15) is 4.79 Å². The third-order valence-electron chi connectivity index (χ3n) is 4.42. The minimum absolute atomic E-state index is 0.315. The van der Waals surface area contributed by atoms with Crippen LogP contribution in [0.4, 0.5) is 11.4 Å². The van der Waals surface area contributed by atoms with Gasteiger partial charge in [0.15, 0.2) is 0 Å². The van der Waals surface area contributed by atoms with Crippen LogP contribution in [0.5, 0.6) is 5.75 Å². The number of nitrogens with zero attached hydrogens (tertiary/aromatic N) is 1. The predicted octanol–water partition coefficient (Wildman–Crippen LogP) is 4.81. The predicted molar refractivity (Wildman–Crippen MR) is 104 cm³/mol. The number of anilines is 2. The van der Waals surface area contributed by atoms with E-state index < -0.39 is 0 Å². The summed E-state index contributed by atoms with van der Waals surface area (Å²) in [5.41, 5.74) is 4.36. The Balaban J connectivity index is 2.15. The molecule has 0 N–H and O–H groups in total. The summed E-state index contributed by atoms with van der Waals surface area (Å²) in [6, 6.07) is 13.7. The van der Waals surface area contributed by atoms with Gasteiger partial charge in [-0.05, 0) is 49.2 Å². The van der Waals surface area contributed by atoms with Crippen molar-refractivity contribution in [2.45, 2.75) is 13.8 Å². The van der Waals surface area contributed by atoms with Crippen LogP contribution in [0.3, 0.4) is 0 Å². The van der Waals surface area contributed by atoms with Gasteiger partial charge in [-0.1, -0.05) is 36.9 Å². The zero-order chi connectivity index (χ0) is 18.5. The van der Waals surface area contributed by atoms with Crippen LogP contribution in [-0.4, -0.2) is 25.7 Å². The Kier molecular flexibility index (Phi) is 5.42. The van der Waals surface area contributed by atoms with Gasteiger partial charge in [0, 0.05) is 12.2 Å². The molecule has 1 aliphatic heterocycles. The monoisotopic (exact) mass is 349 g/mol. The van der Waals surface area contributed by atoms with Gasteiger partial charge in [0.25, 0.3) is 0 Å². The lowest BCUT2D eigenvalue weighted by atomic mass is 10.0. The van der Waals surface area contributed by atoms with Crippen molar-refractivity contribution in [1.82, 2.24) is 0 Å². The number of carbonyl (C=O) groups is 1. The molecule has 0 radical (unpaired) electrons. The smallest absolute Gasteiger partial charge is 0.338 e. The summed E-state index contributed by atoms with van der Waals surface area (Å²) < 4.78 is 11.2. The van der Waals surface area contributed by atoms with Crippen LogP contribution in [0, 0.1) is 6.92 Å². The molecule has 2 aromatic carbocycles. The molecule has 134 valence electrons. The maximum Gasteiger partial charge on any atom is 0.338 e. The van der Waals surface area contributed by atoms with Crippen LogP contribution >= 0.6 is 0 Å². The lowest BCUT2D eigenvalue weighted by Gasteiger charge is -2.30. The van der Waals surface area contributed by atoms with Gasteiger partial charge < -0.3 is 14.4 Å². The highest BCUT2D eigenvalue weighted by Crippen LogP contribution is 2.39. The fourth-order valence-electron chi connectivity index (χ4n) is 3.06. The van der Waals surface area contributed by atoms with Gasteiger partial charge >= 0.3 is 5.97 Å². The van der Waals surface area contributed by atoms with Crippen LogP contribution in [0.15, 0.2) is 66.8 Å². The van der Waals surface area contributed by atoms with Crippen molar-refractivity contribution in [3.8, 4) is 5.75 Å². The average molecular weight is 349 g/mol.